The summed E-state index contributed by atoms with van der Waals surface area (Å²) in [5.41, 5.74) is 0. The van der Waals surface area contributed by atoms with Gasteiger partial charge in [0.25, 0.3) is 0 Å². The smallest absolute Gasteiger partial charge is 0.239 e. The summed E-state index contributed by atoms with van der Waals surface area (Å²) in [7, 11) is 0. The van der Waals surface area contributed by atoms with Gasteiger partial charge in [-0.1, -0.05) is 24.0 Å². The van der Waals surface area contributed by atoms with E-state index in [0.29, 0.717) is 29.5 Å². The van der Waals surface area contributed by atoms with E-state index in [2.05, 4.69) is 10.6 Å². The lowest BCUT2D eigenvalue weighted by Crippen LogP contribution is -2.39. The number of hydrogen-bond acceptors (Lipinski definition) is 5. The Kier molecular flexibility index (Phi) is 7.66. The largest absolute Gasteiger partial charge is 0.352 e. The predicted molar refractivity (Wildman–Crippen MR) is 86.9 cm³/mol. The average Bonchev–Trinajstić information content (AvgIpc) is 2.71. The third kappa shape index (κ3) is 6.90. The van der Waals surface area contributed by atoms with Crippen molar-refractivity contribution in [2.45, 2.75) is 39.2 Å². The highest BCUT2D eigenvalue weighted by Crippen LogP contribution is 2.19. The van der Waals surface area contributed by atoms with Crippen molar-refractivity contribution in [1.29, 1.82) is 0 Å². The van der Waals surface area contributed by atoms with E-state index in [1.807, 2.05) is 13.8 Å². The van der Waals surface area contributed by atoms with Crippen molar-refractivity contribution in [1.82, 2.24) is 15.5 Å². The Morgan fingerprint density at radius 1 is 1.33 bits per heavy atom. The maximum Gasteiger partial charge on any atom is 0.239 e. The first-order chi connectivity index (χ1) is 9.90. The molecule has 0 atom stereocenters. The molecule has 0 aromatic rings. The molecule has 0 spiro atoms. The fourth-order valence-corrected chi connectivity index (χ4v) is 2.91. The van der Waals surface area contributed by atoms with Crippen LogP contribution in [0, 0.1) is 0 Å². The lowest BCUT2D eigenvalue weighted by molar-refractivity contribution is -0.126. The third-order valence-electron chi connectivity index (χ3n) is 2.77. The van der Waals surface area contributed by atoms with Crippen LogP contribution in [0.2, 0.25) is 0 Å². The van der Waals surface area contributed by atoms with Gasteiger partial charge in [0.1, 0.15) is 4.32 Å². The Morgan fingerprint density at radius 2 is 2.05 bits per heavy atom. The van der Waals surface area contributed by atoms with Crippen LogP contribution in [-0.2, 0) is 14.4 Å². The van der Waals surface area contributed by atoms with Crippen molar-refractivity contribution < 1.29 is 14.4 Å². The standard InChI is InChI=1S/C13H21N3O3S2/c1-9(2)15-11(18)7-14-10(17)5-3-4-6-16-12(19)8-21-13(16)20/h9H,3-8H2,1-2H3,(H,14,17)(H,15,18). The number of carbonyl (C=O) groups is 3. The summed E-state index contributed by atoms with van der Waals surface area (Å²) in [5, 5.41) is 5.27. The first kappa shape index (κ1) is 17.9. The summed E-state index contributed by atoms with van der Waals surface area (Å²) in [4.78, 5) is 36.0. The van der Waals surface area contributed by atoms with E-state index in [1.54, 1.807) is 4.90 Å². The maximum absolute atomic E-state index is 11.6. The van der Waals surface area contributed by atoms with Gasteiger partial charge in [-0.15, -0.1) is 0 Å². The molecule has 2 N–H and O–H groups in total. The van der Waals surface area contributed by atoms with Crippen LogP contribution in [0.3, 0.4) is 0 Å². The predicted octanol–water partition coefficient (Wildman–Crippen LogP) is 0.658. The van der Waals surface area contributed by atoms with Crippen molar-refractivity contribution in [3.63, 3.8) is 0 Å². The van der Waals surface area contributed by atoms with Crippen LogP contribution in [0.5, 0.6) is 0 Å². The monoisotopic (exact) mass is 331 g/mol. The molecular weight excluding hydrogens is 310 g/mol. The van der Waals surface area contributed by atoms with Gasteiger partial charge in [0, 0.05) is 19.0 Å². The number of thiocarbonyl (C=S) groups is 1. The van der Waals surface area contributed by atoms with Gasteiger partial charge in [-0.25, -0.2) is 0 Å². The summed E-state index contributed by atoms with van der Waals surface area (Å²) in [6, 6.07) is 0.0640. The van der Waals surface area contributed by atoms with Gasteiger partial charge in [-0.05, 0) is 26.7 Å². The van der Waals surface area contributed by atoms with Gasteiger partial charge in [0.15, 0.2) is 0 Å². The number of nitrogens with one attached hydrogen (secondary N) is 2. The molecule has 1 saturated heterocycles. The molecule has 118 valence electrons. The molecule has 0 aromatic heterocycles. The van der Waals surface area contributed by atoms with Gasteiger partial charge in [-0.2, -0.15) is 0 Å². The number of unbranched alkanes of at least 4 members (excludes halogenated alkanes) is 1. The Morgan fingerprint density at radius 3 is 2.62 bits per heavy atom. The number of amides is 3. The highest BCUT2D eigenvalue weighted by molar-refractivity contribution is 8.23. The van der Waals surface area contributed by atoms with Crippen molar-refractivity contribution in [3.8, 4) is 0 Å². The van der Waals surface area contributed by atoms with Crippen LogP contribution in [0.15, 0.2) is 0 Å². The molecule has 1 fully saturated rings. The van der Waals surface area contributed by atoms with E-state index in [-0.39, 0.29) is 30.3 Å². The molecule has 1 aliphatic heterocycles. The Bertz CT molecular complexity index is 411. The molecule has 0 unspecified atom stereocenters. The Labute approximate surface area is 134 Å². The average molecular weight is 331 g/mol. The fraction of sp³-hybridized carbons (Fsp3) is 0.692. The van der Waals surface area contributed by atoms with Gasteiger partial charge < -0.3 is 10.6 Å². The first-order valence-electron chi connectivity index (χ1n) is 6.93. The maximum atomic E-state index is 11.6. The van der Waals surface area contributed by atoms with Crippen LogP contribution < -0.4 is 10.6 Å². The highest BCUT2D eigenvalue weighted by atomic mass is 32.2. The van der Waals surface area contributed by atoms with Gasteiger partial charge in [0.2, 0.25) is 17.7 Å². The fourth-order valence-electron chi connectivity index (χ4n) is 1.79. The van der Waals surface area contributed by atoms with Gasteiger partial charge >= 0.3 is 0 Å². The van der Waals surface area contributed by atoms with Gasteiger partial charge in [0.05, 0.1) is 12.3 Å². The molecule has 0 aliphatic carbocycles. The van der Waals surface area contributed by atoms with Crippen molar-refractivity contribution >= 4 is 46.0 Å². The normalized spacial score (nSPS) is 14.7. The quantitative estimate of drug-likeness (QED) is 0.505. The SMILES string of the molecule is CC(C)NC(=O)CNC(=O)CCCCN1C(=O)CSC1=S. The molecule has 21 heavy (non-hydrogen) atoms. The third-order valence-corrected chi connectivity index (χ3v) is 4.20. The van der Waals surface area contributed by atoms with Crippen LogP contribution in [0.4, 0.5) is 0 Å². The van der Waals surface area contributed by atoms with E-state index >= 15 is 0 Å². The molecule has 0 saturated carbocycles. The van der Waals surface area contributed by atoms with Crippen molar-refractivity contribution in [3.05, 3.63) is 0 Å². The molecule has 1 aliphatic rings. The molecule has 0 bridgehead atoms. The second-order valence-corrected chi connectivity index (χ2v) is 6.67. The second kappa shape index (κ2) is 8.99. The van der Waals surface area contributed by atoms with Crippen LogP contribution >= 0.6 is 24.0 Å². The molecule has 6 nitrogen and oxygen atoms in total. The summed E-state index contributed by atoms with van der Waals surface area (Å²) in [5.74, 6) is 0.117. The number of carbonyl (C=O) groups excluding carboxylic acids is 3. The summed E-state index contributed by atoms with van der Waals surface area (Å²) < 4.78 is 0.620. The number of hydrogen-bond donors (Lipinski definition) is 2. The lowest BCUT2D eigenvalue weighted by Gasteiger charge is -2.14. The zero-order chi connectivity index (χ0) is 15.8. The van der Waals surface area contributed by atoms with Crippen molar-refractivity contribution in [2.75, 3.05) is 18.8 Å². The zero-order valence-corrected chi connectivity index (χ0v) is 13.9. The number of nitrogens with zero attached hydrogens (tertiary/aromatic N) is 1. The lowest BCUT2D eigenvalue weighted by atomic mass is 10.2. The van der Waals surface area contributed by atoms with E-state index in [4.69, 9.17) is 12.2 Å². The highest BCUT2D eigenvalue weighted by Gasteiger charge is 2.25. The molecule has 8 heteroatoms. The minimum atomic E-state index is -0.191. The Hall–Kier alpha value is -1.15. The van der Waals surface area contributed by atoms with Gasteiger partial charge in [-0.3, -0.25) is 19.3 Å². The minimum absolute atomic E-state index is 0.00233. The van der Waals surface area contributed by atoms with Crippen LogP contribution in [-0.4, -0.2) is 51.8 Å². The molecular formula is C13H21N3O3S2. The first-order valence-corrected chi connectivity index (χ1v) is 8.32. The molecule has 0 aromatic carbocycles. The molecule has 1 heterocycles. The van der Waals surface area contributed by atoms with Crippen molar-refractivity contribution in [2.24, 2.45) is 0 Å². The zero-order valence-electron chi connectivity index (χ0n) is 12.3. The second-order valence-electron chi connectivity index (χ2n) is 5.06. The van der Waals surface area contributed by atoms with E-state index < -0.39 is 0 Å². The van der Waals surface area contributed by atoms with E-state index in [0.717, 1.165) is 6.42 Å². The minimum Gasteiger partial charge on any atom is -0.352 e. The summed E-state index contributed by atoms with van der Waals surface area (Å²) in [6.07, 6.45) is 1.73. The molecule has 3 amide bonds. The van der Waals surface area contributed by atoms with Crippen LogP contribution in [0.1, 0.15) is 33.1 Å². The number of rotatable bonds is 8. The molecule has 1 rings (SSSR count). The van der Waals surface area contributed by atoms with Crippen LogP contribution in [0.25, 0.3) is 0 Å². The van der Waals surface area contributed by atoms with E-state index in [9.17, 15) is 14.4 Å². The summed E-state index contributed by atoms with van der Waals surface area (Å²) in [6.45, 7) is 4.29. The summed E-state index contributed by atoms with van der Waals surface area (Å²) >= 11 is 6.45. The Balaban J connectivity index is 2.09. The molecule has 0 radical (unpaired) electrons. The number of thioether (sulfide) groups is 1. The van der Waals surface area contributed by atoms with E-state index in [1.165, 1.54) is 11.8 Å². The topological polar surface area (TPSA) is 78.5 Å².